The second-order valence-corrected chi connectivity index (χ2v) is 6.72. The molecule has 5 nitrogen and oxygen atoms in total. The fraction of sp³-hybridized carbons (Fsp3) is 0.417. The van der Waals surface area contributed by atoms with Crippen LogP contribution in [0.5, 0.6) is 0 Å². The molecule has 0 spiro atoms. The number of rotatable bonds is 4. The molecular weight excluding hydrogens is 252 g/mol. The Bertz CT molecular complexity index is 613. The highest BCUT2D eigenvalue weighted by molar-refractivity contribution is 7.90. The van der Waals surface area contributed by atoms with Crippen molar-refractivity contribution in [2.45, 2.75) is 32.1 Å². The third-order valence-corrected chi connectivity index (χ3v) is 4.57. The maximum Gasteiger partial charge on any atom is 0.214 e. The van der Waals surface area contributed by atoms with Crippen LogP contribution in [0.2, 0.25) is 0 Å². The van der Waals surface area contributed by atoms with Gasteiger partial charge in [-0.15, -0.1) is 0 Å². The monoisotopic (exact) mass is 268 g/mol. The molecule has 0 amide bonds. The van der Waals surface area contributed by atoms with Crippen molar-refractivity contribution in [3.8, 4) is 0 Å². The molecule has 0 fully saturated rings. The van der Waals surface area contributed by atoms with Crippen LogP contribution in [0, 0.1) is 0 Å². The normalized spacial score (nSPS) is 14.2. The highest BCUT2D eigenvalue weighted by atomic mass is 32.2. The summed E-state index contributed by atoms with van der Waals surface area (Å²) in [6.45, 7) is 4.97. The summed E-state index contributed by atoms with van der Waals surface area (Å²) in [6, 6.07) is 6.85. The topological polar surface area (TPSA) is 72.2 Å². The first-order chi connectivity index (χ1) is 8.40. The van der Waals surface area contributed by atoms with Crippen LogP contribution in [-0.4, -0.2) is 18.7 Å². The van der Waals surface area contributed by atoms with Crippen LogP contribution in [0.4, 0.5) is 0 Å². The molecule has 98 valence electrons. The number of nitrogens with zero attached hydrogens (tertiary/aromatic N) is 1. The molecule has 6 heteroatoms. The minimum absolute atomic E-state index is 0.375. The lowest BCUT2D eigenvalue weighted by molar-refractivity contribution is 0.465. The number of hydrogen-bond donors (Lipinski definition) is 1. The molecule has 1 aromatic carbocycles. The highest BCUT2D eigenvalue weighted by Crippen LogP contribution is 2.20. The van der Waals surface area contributed by atoms with E-state index < -0.39 is 21.3 Å². The number of nitrogens with one attached hydrogen (secondary N) is 1. The van der Waals surface area contributed by atoms with Crippen LogP contribution >= 0.6 is 0 Å². The van der Waals surface area contributed by atoms with Crippen molar-refractivity contribution < 1.29 is 12.8 Å². The molecule has 0 aliphatic rings. The van der Waals surface area contributed by atoms with Crippen LogP contribution in [0.1, 0.15) is 32.7 Å². The smallest absolute Gasteiger partial charge is 0.214 e. The molecular formula is C12H16N2O3S. The summed E-state index contributed by atoms with van der Waals surface area (Å²) in [6.07, 6.45) is 0. The lowest BCUT2D eigenvalue weighted by atomic mass is 10.3. The maximum atomic E-state index is 11.7. The second-order valence-electron chi connectivity index (χ2n) is 4.45. The molecule has 0 aliphatic carbocycles. The molecule has 0 bridgehead atoms. The minimum Gasteiger partial charge on any atom is -0.439 e. The molecule has 0 saturated heterocycles. The van der Waals surface area contributed by atoms with E-state index in [0.717, 1.165) is 5.52 Å². The summed E-state index contributed by atoms with van der Waals surface area (Å²) in [5, 5.41) is -0.482. The fourth-order valence-corrected chi connectivity index (χ4v) is 2.37. The molecule has 1 heterocycles. The lowest BCUT2D eigenvalue weighted by Crippen LogP contribution is -2.33. The number of hydrogen-bond acceptors (Lipinski definition) is 4. The number of fused-ring (bicyclic) bond motifs is 1. The van der Waals surface area contributed by atoms with Gasteiger partial charge < -0.3 is 4.42 Å². The second kappa shape index (κ2) is 4.70. The van der Waals surface area contributed by atoms with Gasteiger partial charge >= 0.3 is 0 Å². The SMILES string of the molecule is CC(NS(=O)(=O)C(C)C)c1nc2ccccc2o1. The Kier molecular flexibility index (Phi) is 3.41. The number of aromatic nitrogens is 1. The average molecular weight is 268 g/mol. The summed E-state index contributed by atoms with van der Waals surface area (Å²) in [7, 11) is -3.33. The maximum absolute atomic E-state index is 11.7. The zero-order valence-corrected chi connectivity index (χ0v) is 11.4. The van der Waals surface area contributed by atoms with Gasteiger partial charge in [-0.05, 0) is 32.9 Å². The molecule has 1 aromatic heterocycles. The summed E-state index contributed by atoms with van der Waals surface area (Å²) < 4.78 is 31.6. The Labute approximate surface area is 106 Å². The van der Waals surface area contributed by atoms with Gasteiger partial charge in [-0.1, -0.05) is 12.1 Å². The highest BCUT2D eigenvalue weighted by Gasteiger charge is 2.22. The largest absolute Gasteiger partial charge is 0.439 e. The first-order valence-corrected chi connectivity index (χ1v) is 7.31. The van der Waals surface area contributed by atoms with Crippen molar-refractivity contribution in [1.82, 2.24) is 9.71 Å². The summed E-state index contributed by atoms with van der Waals surface area (Å²) in [5.41, 5.74) is 1.38. The average Bonchev–Trinajstić information content (AvgIpc) is 2.71. The number of para-hydroxylation sites is 2. The molecule has 2 aromatic rings. The van der Waals surface area contributed by atoms with Crippen molar-refractivity contribution in [2.75, 3.05) is 0 Å². The standard InChI is InChI=1S/C12H16N2O3S/c1-8(2)18(15,16)14-9(3)12-13-10-6-4-5-7-11(10)17-12/h4-9,14H,1-3H3. The van der Waals surface area contributed by atoms with Gasteiger partial charge in [0.15, 0.2) is 5.58 Å². The molecule has 1 atom stereocenters. The van der Waals surface area contributed by atoms with Gasteiger partial charge in [-0.25, -0.2) is 18.1 Å². The van der Waals surface area contributed by atoms with Crippen molar-refractivity contribution in [3.05, 3.63) is 30.2 Å². The van der Waals surface area contributed by atoms with Crippen molar-refractivity contribution in [2.24, 2.45) is 0 Å². The van der Waals surface area contributed by atoms with Gasteiger partial charge in [0.1, 0.15) is 5.52 Å². The lowest BCUT2D eigenvalue weighted by Gasteiger charge is -2.13. The van der Waals surface area contributed by atoms with Gasteiger partial charge in [-0.2, -0.15) is 0 Å². The molecule has 1 N–H and O–H groups in total. The predicted molar refractivity (Wildman–Crippen MR) is 69.6 cm³/mol. The van der Waals surface area contributed by atoms with E-state index in [1.165, 1.54) is 0 Å². The Hall–Kier alpha value is -1.40. The van der Waals surface area contributed by atoms with E-state index in [1.807, 2.05) is 18.2 Å². The van der Waals surface area contributed by atoms with Crippen LogP contribution in [-0.2, 0) is 10.0 Å². The van der Waals surface area contributed by atoms with E-state index in [0.29, 0.717) is 11.5 Å². The Morgan fingerprint density at radius 2 is 1.89 bits per heavy atom. The van der Waals surface area contributed by atoms with Crippen LogP contribution in [0.15, 0.2) is 28.7 Å². The Morgan fingerprint density at radius 1 is 1.22 bits per heavy atom. The van der Waals surface area contributed by atoms with Crippen molar-refractivity contribution in [1.29, 1.82) is 0 Å². The Balaban J connectivity index is 2.26. The fourth-order valence-electron chi connectivity index (χ4n) is 1.51. The third-order valence-electron chi connectivity index (χ3n) is 2.64. The van der Waals surface area contributed by atoms with E-state index in [9.17, 15) is 8.42 Å². The van der Waals surface area contributed by atoms with Crippen LogP contribution in [0.25, 0.3) is 11.1 Å². The number of benzene rings is 1. The van der Waals surface area contributed by atoms with Crippen LogP contribution < -0.4 is 4.72 Å². The zero-order valence-electron chi connectivity index (χ0n) is 10.5. The number of sulfonamides is 1. The van der Waals surface area contributed by atoms with E-state index in [4.69, 9.17) is 4.42 Å². The Morgan fingerprint density at radius 3 is 2.50 bits per heavy atom. The van der Waals surface area contributed by atoms with E-state index in [-0.39, 0.29) is 0 Å². The first-order valence-electron chi connectivity index (χ1n) is 5.77. The number of oxazole rings is 1. The van der Waals surface area contributed by atoms with Gasteiger partial charge in [0, 0.05) is 0 Å². The van der Waals surface area contributed by atoms with Crippen molar-refractivity contribution in [3.63, 3.8) is 0 Å². The molecule has 18 heavy (non-hydrogen) atoms. The minimum atomic E-state index is -3.33. The van der Waals surface area contributed by atoms with Crippen LogP contribution in [0.3, 0.4) is 0 Å². The van der Waals surface area contributed by atoms with E-state index in [1.54, 1.807) is 26.8 Å². The van der Waals surface area contributed by atoms with Gasteiger partial charge in [0.05, 0.1) is 11.3 Å². The predicted octanol–water partition coefficient (Wildman–Crippen LogP) is 2.22. The molecule has 2 rings (SSSR count). The van der Waals surface area contributed by atoms with Crippen molar-refractivity contribution >= 4 is 21.1 Å². The molecule has 0 radical (unpaired) electrons. The van der Waals surface area contributed by atoms with Gasteiger partial charge in [0.2, 0.25) is 15.9 Å². The molecule has 1 unspecified atom stereocenters. The summed E-state index contributed by atoms with van der Waals surface area (Å²) >= 11 is 0. The summed E-state index contributed by atoms with van der Waals surface area (Å²) in [5.74, 6) is 0.375. The third kappa shape index (κ3) is 2.54. The van der Waals surface area contributed by atoms with E-state index >= 15 is 0 Å². The summed E-state index contributed by atoms with van der Waals surface area (Å²) in [4.78, 5) is 4.26. The quantitative estimate of drug-likeness (QED) is 0.922. The molecule has 0 saturated carbocycles. The first kappa shape index (κ1) is 13.0. The molecule has 0 aliphatic heterocycles. The zero-order chi connectivity index (χ0) is 13.3. The van der Waals surface area contributed by atoms with Gasteiger partial charge in [0.25, 0.3) is 0 Å². The van der Waals surface area contributed by atoms with E-state index in [2.05, 4.69) is 9.71 Å². The van der Waals surface area contributed by atoms with Gasteiger partial charge in [-0.3, -0.25) is 0 Å².